The number of sulfonamides is 1. The van der Waals surface area contributed by atoms with Crippen molar-refractivity contribution in [2.75, 3.05) is 52.7 Å². The molecule has 1 aliphatic heterocycles. The van der Waals surface area contributed by atoms with E-state index >= 15 is 0 Å². The molecule has 2 N–H and O–H groups in total. The Bertz CT molecular complexity index is 1220. The van der Waals surface area contributed by atoms with E-state index in [9.17, 15) is 23.1 Å². The molecule has 2 aromatic rings. The number of aliphatic hydroxyl groups excluding tert-OH is 1. The van der Waals surface area contributed by atoms with E-state index in [2.05, 4.69) is 5.32 Å². The van der Waals surface area contributed by atoms with Gasteiger partial charge in [0.1, 0.15) is 16.1 Å². The fourth-order valence-corrected chi connectivity index (χ4v) is 6.80. The number of hydrogen-bond acceptors (Lipinski definition) is 8. The molecule has 216 valence electrons. The summed E-state index contributed by atoms with van der Waals surface area (Å²) in [4.78, 5) is 29.5. The van der Waals surface area contributed by atoms with Crippen molar-refractivity contribution < 1.29 is 27.9 Å². The first-order valence-corrected chi connectivity index (χ1v) is 15.4. The molecule has 0 radical (unpaired) electrons. The molecule has 1 aliphatic rings. The maximum Gasteiger partial charge on any atom is 0.252 e. The van der Waals surface area contributed by atoms with Gasteiger partial charge in [-0.2, -0.15) is 4.31 Å². The molecule has 39 heavy (non-hydrogen) atoms. The predicted molar refractivity (Wildman–Crippen MR) is 153 cm³/mol. The number of carbonyl (C=O) groups is 2. The predicted octanol–water partition coefficient (Wildman–Crippen LogP) is 2.50. The lowest BCUT2D eigenvalue weighted by molar-refractivity contribution is -0.134. The zero-order valence-electron chi connectivity index (χ0n) is 23.3. The van der Waals surface area contributed by atoms with Crippen molar-refractivity contribution in [3.8, 4) is 5.75 Å². The van der Waals surface area contributed by atoms with Gasteiger partial charge in [-0.3, -0.25) is 9.59 Å². The number of aliphatic hydroxyl groups is 1. The number of amides is 2. The summed E-state index contributed by atoms with van der Waals surface area (Å²) in [6, 6.07) is 8.02. The number of fused-ring (bicyclic) bond motifs is 1. The first kappa shape index (κ1) is 31.0. The quantitative estimate of drug-likeness (QED) is 0.419. The highest BCUT2D eigenvalue weighted by atomic mass is 32.2. The van der Waals surface area contributed by atoms with Crippen molar-refractivity contribution in [2.24, 2.45) is 5.92 Å². The summed E-state index contributed by atoms with van der Waals surface area (Å²) >= 11 is 1.15. The van der Waals surface area contributed by atoms with Crippen LogP contribution in [0.2, 0.25) is 0 Å². The minimum absolute atomic E-state index is 0.0206. The Labute approximate surface area is 235 Å². The lowest BCUT2D eigenvalue weighted by Gasteiger charge is -2.33. The summed E-state index contributed by atoms with van der Waals surface area (Å²) < 4.78 is 34.2. The summed E-state index contributed by atoms with van der Waals surface area (Å²) in [6.45, 7) is 4.65. The van der Waals surface area contributed by atoms with Gasteiger partial charge < -0.3 is 25.0 Å². The highest BCUT2D eigenvalue weighted by Gasteiger charge is 2.33. The van der Waals surface area contributed by atoms with Crippen molar-refractivity contribution in [3.63, 3.8) is 0 Å². The minimum atomic E-state index is -3.70. The minimum Gasteiger partial charge on any atom is -0.488 e. The van der Waals surface area contributed by atoms with Gasteiger partial charge in [-0.15, -0.1) is 11.3 Å². The van der Waals surface area contributed by atoms with Crippen molar-refractivity contribution in [1.29, 1.82) is 0 Å². The standard InChI is InChI=1S/C27H40N4O6S2/c1-19-16-31(20(2)18-32)26(34)15-21-14-22(28-25(33)8-6-12-29(3)4)10-11-23(21)37-24(19)17-30(5)39(35,36)27-9-7-13-38-27/h7,9-11,13-14,19-20,24,32H,6,8,12,15-18H2,1-5H3,(H,28,33)/t19-,20-,24-/m1/s1. The Hall–Kier alpha value is -2.51. The molecule has 0 spiro atoms. The first-order chi connectivity index (χ1) is 18.4. The zero-order valence-corrected chi connectivity index (χ0v) is 24.9. The summed E-state index contributed by atoms with van der Waals surface area (Å²) in [5.41, 5.74) is 1.15. The third-order valence-electron chi connectivity index (χ3n) is 6.81. The largest absolute Gasteiger partial charge is 0.488 e. The zero-order chi connectivity index (χ0) is 28.7. The summed E-state index contributed by atoms with van der Waals surface area (Å²) in [5, 5.41) is 14.4. The Balaban J connectivity index is 1.89. The van der Waals surface area contributed by atoms with E-state index in [0.29, 0.717) is 30.0 Å². The normalized spacial score (nSPS) is 19.2. The van der Waals surface area contributed by atoms with Gasteiger partial charge in [0.05, 0.1) is 25.6 Å². The van der Waals surface area contributed by atoms with Crippen LogP contribution in [0.15, 0.2) is 39.9 Å². The van der Waals surface area contributed by atoms with Crippen molar-refractivity contribution in [1.82, 2.24) is 14.1 Å². The molecule has 3 atom stereocenters. The summed E-state index contributed by atoms with van der Waals surface area (Å²) in [5.74, 6) is -0.0744. The number of hydrogen-bond donors (Lipinski definition) is 2. The van der Waals surface area contributed by atoms with Crippen LogP contribution in [0.3, 0.4) is 0 Å². The number of nitrogens with zero attached hydrogens (tertiary/aromatic N) is 3. The molecule has 1 aromatic heterocycles. The van der Waals surface area contributed by atoms with E-state index in [1.807, 2.05) is 25.9 Å². The monoisotopic (exact) mass is 580 g/mol. The molecule has 12 heteroatoms. The summed E-state index contributed by atoms with van der Waals surface area (Å²) in [7, 11) is 1.73. The second-order valence-electron chi connectivity index (χ2n) is 10.4. The van der Waals surface area contributed by atoms with Crippen LogP contribution in [0.4, 0.5) is 5.69 Å². The Morgan fingerprint density at radius 2 is 2.03 bits per heavy atom. The molecule has 0 saturated carbocycles. The molecule has 2 amide bonds. The fourth-order valence-electron chi connectivity index (χ4n) is 4.42. The number of likely N-dealkylation sites (N-methyl/N-ethyl adjacent to an activating group) is 1. The van der Waals surface area contributed by atoms with Gasteiger partial charge in [0.2, 0.25) is 11.8 Å². The van der Waals surface area contributed by atoms with Gasteiger partial charge in [0, 0.05) is 37.2 Å². The number of carbonyl (C=O) groups excluding carboxylic acids is 2. The molecule has 0 aliphatic carbocycles. The van der Waals surface area contributed by atoms with E-state index < -0.39 is 22.2 Å². The Morgan fingerprint density at radius 1 is 1.28 bits per heavy atom. The molecule has 2 heterocycles. The van der Waals surface area contributed by atoms with Gasteiger partial charge in [-0.1, -0.05) is 13.0 Å². The van der Waals surface area contributed by atoms with Gasteiger partial charge >= 0.3 is 0 Å². The molecule has 3 rings (SSSR count). The topological polar surface area (TPSA) is 119 Å². The second kappa shape index (κ2) is 13.7. The SMILES string of the molecule is C[C@@H]1CN([C@H](C)CO)C(=O)Cc2cc(NC(=O)CCCN(C)C)ccc2O[C@@H]1CN(C)S(=O)(=O)c1cccs1. The second-order valence-corrected chi connectivity index (χ2v) is 13.6. The average Bonchev–Trinajstić information content (AvgIpc) is 3.43. The van der Waals surface area contributed by atoms with Crippen LogP contribution in [0.5, 0.6) is 5.75 Å². The van der Waals surface area contributed by atoms with E-state index in [4.69, 9.17) is 4.74 Å². The lowest BCUT2D eigenvalue weighted by Crippen LogP contribution is -2.48. The van der Waals surface area contributed by atoms with Crippen LogP contribution >= 0.6 is 11.3 Å². The number of nitrogens with one attached hydrogen (secondary N) is 1. The fraction of sp³-hybridized carbons (Fsp3) is 0.556. The third kappa shape index (κ3) is 8.24. The molecule has 10 nitrogen and oxygen atoms in total. The van der Waals surface area contributed by atoms with Crippen molar-refractivity contribution in [3.05, 3.63) is 41.3 Å². The molecule has 0 saturated heterocycles. The maximum atomic E-state index is 13.4. The number of benzene rings is 1. The maximum absolute atomic E-state index is 13.4. The molecule has 0 fully saturated rings. The molecule has 0 unspecified atom stereocenters. The van der Waals surface area contributed by atoms with Gasteiger partial charge in [0.15, 0.2) is 0 Å². The summed E-state index contributed by atoms with van der Waals surface area (Å²) in [6.07, 6.45) is 0.541. The molecular weight excluding hydrogens is 540 g/mol. The molecule has 1 aromatic carbocycles. The average molecular weight is 581 g/mol. The number of anilines is 1. The third-order valence-corrected chi connectivity index (χ3v) is 10.0. The van der Waals surface area contributed by atoms with E-state index in [1.54, 1.807) is 47.5 Å². The van der Waals surface area contributed by atoms with E-state index in [-0.39, 0.29) is 41.5 Å². The van der Waals surface area contributed by atoms with Gasteiger partial charge in [0.25, 0.3) is 10.0 Å². The van der Waals surface area contributed by atoms with E-state index in [0.717, 1.165) is 24.3 Å². The number of rotatable bonds is 11. The molecular formula is C27H40N4O6S2. The highest BCUT2D eigenvalue weighted by molar-refractivity contribution is 7.91. The lowest BCUT2D eigenvalue weighted by atomic mass is 10.0. The number of thiophene rings is 1. The van der Waals surface area contributed by atoms with Crippen LogP contribution in [0.1, 0.15) is 32.3 Å². The molecule has 0 bridgehead atoms. The van der Waals surface area contributed by atoms with Crippen molar-refractivity contribution >= 4 is 38.9 Å². The number of ether oxygens (including phenoxy) is 1. The van der Waals surface area contributed by atoms with E-state index in [1.165, 1.54) is 11.4 Å². The van der Waals surface area contributed by atoms with Crippen LogP contribution in [0, 0.1) is 5.92 Å². The van der Waals surface area contributed by atoms with Crippen LogP contribution in [0.25, 0.3) is 0 Å². The van der Waals surface area contributed by atoms with Crippen molar-refractivity contribution in [2.45, 2.75) is 49.5 Å². The van der Waals surface area contributed by atoms with Crippen LogP contribution < -0.4 is 10.1 Å². The Kier molecular flexibility index (Phi) is 10.9. The highest BCUT2D eigenvalue weighted by Crippen LogP contribution is 2.30. The Morgan fingerprint density at radius 3 is 2.67 bits per heavy atom. The van der Waals surface area contributed by atoms with Crippen LogP contribution in [-0.2, 0) is 26.0 Å². The first-order valence-electron chi connectivity index (χ1n) is 13.1. The smallest absolute Gasteiger partial charge is 0.252 e. The van der Waals surface area contributed by atoms with Gasteiger partial charge in [-0.25, -0.2) is 8.42 Å². The van der Waals surface area contributed by atoms with Gasteiger partial charge in [-0.05, 0) is 63.6 Å². The van der Waals surface area contributed by atoms with Crippen LogP contribution in [-0.4, -0.2) is 99.0 Å².